The van der Waals surface area contributed by atoms with E-state index in [9.17, 15) is 26.7 Å². The molecule has 0 radical (unpaired) electrons. The molecule has 2 unspecified atom stereocenters. The molecule has 0 saturated carbocycles. The van der Waals surface area contributed by atoms with Gasteiger partial charge in [0.05, 0.1) is 33.7 Å². The summed E-state index contributed by atoms with van der Waals surface area (Å²) in [4.78, 5) is 31.2. The molecule has 1 amide bonds. The highest BCUT2D eigenvalue weighted by Crippen LogP contribution is 2.37. The minimum Gasteiger partial charge on any atom is -0.352 e. The third kappa shape index (κ3) is 5.61. The van der Waals surface area contributed by atoms with Gasteiger partial charge in [-0.05, 0) is 37.5 Å². The molecule has 0 bridgehead atoms. The van der Waals surface area contributed by atoms with Gasteiger partial charge in [-0.2, -0.15) is 13.2 Å². The van der Waals surface area contributed by atoms with E-state index in [1.807, 2.05) is 6.92 Å². The number of anilines is 1. The normalized spacial score (nSPS) is 19.8. The molecule has 7 nitrogen and oxygen atoms in total. The average Bonchev–Trinajstić information content (AvgIpc) is 3.18. The van der Waals surface area contributed by atoms with Crippen molar-refractivity contribution in [1.82, 2.24) is 24.8 Å². The number of aryl methyl sites for hydroxylation is 2. The zero-order valence-electron chi connectivity index (χ0n) is 19.6. The van der Waals surface area contributed by atoms with Gasteiger partial charge < -0.3 is 10.2 Å². The zero-order chi connectivity index (χ0) is 26.3. The molecular weight excluding hydrogens is 503 g/mol. The largest absolute Gasteiger partial charge is 0.419 e. The number of alkyl halides is 5. The van der Waals surface area contributed by atoms with Crippen molar-refractivity contribution < 1.29 is 26.7 Å². The van der Waals surface area contributed by atoms with Gasteiger partial charge in [0.25, 0.3) is 11.8 Å². The summed E-state index contributed by atoms with van der Waals surface area (Å²) in [5.74, 6) is -4.50. The van der Waals surface area contributed by atoms with E-state index >= 15 is 0 Å². The van der Waals surface area contributed by atoms with Crippen molar-refractivity contribution in [3.63, 3.8) is 0 Å². The Morgan fingerprint density at radius 2 is 1.92 bits per heavy atom. The van der Waals surface area contributed by atoms with Gasteiger partial charge in [-0.15, -0.1) is 11.3 Å². The van der Waals surface area contributed by atoms with Crippen molar-refractivity contribution in [2.45, 2.75) is 45.3 Å². The Morgan fingerprint density at radius 3 is 2.56 bits per heavy atom. The van der Waals surface area contributed by atoms with E-state index < -0.39 is 48.5 Å². The van der Waals surface area contributed by atoms with Crippen LogP contribution in [0.4, 0.5) is 27.9 Å². The lowest BCUT2D eigenvalue weighted by molar-refractivity contribution is -0.138. The second-order valence-corrected chi connectivity index (χ2v) is 10.0. The smallest absolute Gasteiger partial charge is 0.352 e. The van der Waals surface area contributed by atoms with Crippen LogP contribution < -0.4 is 5.32 Å². The average molecular weight is 527 g/mol. The first-order valence-electron chi connectivity index (χ1n) is 11.1. The molecule has 0 aromatic carbocycles. The fourth-order valence-corrected chi connectivity index (χ4v) is 5.06. The van der Waals surface area contributed by atoms with Crippen LogP contribution in [-0.2, 0) is 6.18 Å². The molecule has 0 spiro atoms. The Hall–Kier alpha value is -3.22. The molecule has 4 heterocycles. The van der Waals surface area contributed by atoms with E-state index in [1.54, 1.807) is 32.2 Å². The minimum atomic E-state index is -4.58. The van der Waals surface area contributed by atoms with Crippen molar-refractivity contribution in [2.24, 2.45) is 5.92 Å². The molecule has 3 aromatic rings. The van der Waals surface area contributed by atoms with Gasteiger partial charge >= 0.3 is 6.18 Å². The Labute approximate surface area is 207 Å². The standard InChI is InChI=1S/C23H23F5N6OS/c1-12-4-5-29-16(6-12)19-18(33-14(3)36-19)20(35)34-11-22(24,25)7-13(2)17(34)10-32-21-30-8-15(9-31-21)23(26,27)28/h4-6,8-9,13,17H,7,10-11H2,1-3H3,(H,30,31,32). The Balaban J connectivity index is 1.61. The Morgan fingerprint density at radius 1 is 1.22 bits per heavy atom. The number of nitrogens with one attached hydrogen (secondary N) is 1. The highest BCUT2D eigenvalue weighted by atomic mass is 32.1. The second-order valence-electron chi connectivity index (χ2n) is 8.84. The van der Waals surface area contributed by atoms with Gasteiger partial charge in [0.15, 0.2) is 0 Å². The molecule has 13 heteroatoms. The lowest BCUT2D eigenvalue weighted by Gasteiger charge is -2.43. The van der Waals surface area contributed by atoms with Crippen LogP contribution in [0.15, 0.2) is 30.7 Å². The molecule has 0 aliphatic carbocycles. The van der Waals surface area contributed by atoms with Crippen LogP contribution >= 0.6 is 11.3 Å². The van der Waals surface area contributed by atoms with Gasteiger partial charge in [-0.25, -0.2) is 23.7 Å². The fraction of sp³-hybridized carbons (Fsp3) is 0.435. The predicted octanol–water partition coefficient (Wildman–Crippen LogP) is 5.23. The Bertz CT molecular complexity index is 1250. The lowest BCUT2D eigenvalue weighted by atomic mass is 9.88. The van der Waals surface area contributed by atoms with E-state index in [1.165, 1.54) is 11.3 Å². The highest BCUT2D eigenvalue weighted by molar-refractivity contribution is 7.15. The van der Waals surface area contributed by atoms with Crippen LogP contribution in [0.3, 0.4) is 0 Å². The number of aromatic nitrogens is 4. The summed E-state index contributed by atoms with van der Waals surface area (Å²) >= 11 is 1.25. The topological polar surface area (TPSA) is 83.9 Å². The number of hydrogen-bond acceptors (Lipinski definition) is 7. The van der Waals surface area contributed by atoms with Crippen LogP contribution in [0.25, 0.3) is 10.6 Å². The fourth-order valence-electron chi connectivity index (χ4n) is 4.18. The first-order valence-corrected chi connectivity index (χ1v) is 11.9. The number of piperidine rings is 1. The second kappa shape index (κ2) is 9.68. The molecule has 36 heavy (non-hydrogen) atoms. The summed E-state index contributed by atoms with van der Waals surface area (Å²) in [7, 11) is 0. The number of halogens is 5. The number of thiazole rings is 1. The van der Waals surface area contributed by atoms with Crippen molar-refractivity contribution in [2.75, 3.05) is 18.4 Å². The van der Waals surface area contributed by atoms with Crippen molar-refractivity contribution in [3.05, 3.63) is 52.6 Å². The van der Waals surface area contributed by atoms with Crippen molar-refractivity contribution in [3.8, 4) is 10.6 Å². The van der Waals surface area contributed by atoms with Gasteiger partial charge in [0, 0.05) is 31.6 Å². The van der Waals surface area contributed by atoms with Gasteiger partial charge in [0.2, 0.25) is 5.95 Å². The zero-order valence-corrected chi connectivity index (χ0v) is 20.4. The van der Waals surface area contributed by atoms with E-state index in [0.717, 1.165) is 10.5 Å². The maximum atomic E-state index is 14.6. The van der Waals surface area contributed by atoms with E-state index in [2.05, 4.69) is 25.3 Å². The van der Waals surface area contributed by atoms with Gasteiger partial charge in [-0.3, -0.25) is 9.78 Å². The molecule has 1 fully saturated rings. The first-order chi connectivity index (χ1) is 16.8. The number of nitrogens with zero attached hydrogens (tertiary/aromatic N) is 5. The SMILES string of the molecule is Cc1ccnc(-c2sc(C)nc2C(=O)N2CC(F)(F)CC(C)C2CNc2ncc(C(F)(F)F)cn2)c1. The van der Waals surface area contributed by atoms with Crippen LogP contribution in [0.1, 0.15) is 40.0 Å². The maximum absolute atomic E-state index is 14.6. The summed E-state index contributed by atoms with van der Waals surface area (Å²) in [6.07, 6.45) is -2.16. The highest BCUT2D eigenvalue weighted by Gasteiger charge is 2.47. The van der Waals surface area contributed by atoms with Crippen LogP contribution in [0, 0.1) is 19.8 Å². The van der Waals surface area contributed by atoms with Gasteiger partial charge in [0.1, 0.15) is 5.69 Å². The van der Waals surface area contributed by atoms with Crippen LogP contribution in [-0.4, -0.2) is 55.8 Å². The molecule has 192 valence electrons. The van der Waals surface area contributed by atoms with Crippen molar-refractivity contribution in [1.29, 1.82) is 0 Å². The molecule has 4 rings (SSSR count). The van der Waals surface area contributed by atoms with E-state index in [0.29, 0.717) is 28.0 Å². The number of carbonyl (C=O) groups is 1. The third-order valence-corrected chi connectivity index (χ3v) is 6.87. The quantitative estimate of drug-likeness (QED) is 0.459. The monoisotopic (exact) mass is 526 g/mol. The van der Waals surface area contributed by atoms with Gasteiger partial charge in [-0.1, -0.05) is 6.92 Å². The summed E-state index contributed by atoms with van der Waals surface area (Å²) in [6, 6.07) is 2.89. The molecule has 1 aliphatic rings. The van der Waals surface area contributed by atoms with Crippen molar-refractivity contribution >= 4 is 23.2 Å². The number of carbonyl (C=O) groups excluding carboxylic acids is 1. The summed E-state index contributed by atoms with van der Waals surface area (Å²) < 4.78 is 67.5. The third-order valence-electron chi connectivity index (χ3n) is 5.87. The summed E-state index contributed by atoms with van der Waals surface area (Å²) in [5, 5.41) is 3.37. The molecule has 1 aliphatic heterocycles. The maximum Gasteiger partial charge on any atom is 0.419 e. The number of amides is 1. The predicted molar refractivity (Wildman–Crippen MR) is 124 cm³/mol. The molecule has 3 aromatic heterocycles. The lowest BCUT2D eigenvalue weighted by Crippen LogP contribution is -2.57. The molecule has 1 N–H and O–H groups in total. The van der Waals surface area contributed by atoms with E-state index in [4.69, 9.17) is 0 Å². The number of pyridine rings is 1. The summed E-state index contributed by atoms with van der Waals surface area (Å²) in [6.45, 7) is 4.35. The number of likely N-dealkylation sites (tertiary alicyclic amines) is 1. The number of hydrogen-bond donors (Lipinski definition) is 1. The number of rotatable bonds is 5. The van der Waals surface area contributed by atoms with Crippen LogP contribution in [0.2, 0.25) is 0 Å². The minimum absolute atomic E-state index is 0.0322. The van der Waals surface area contributed by atoms with E-state index in [-0.39, 0.29) is 18.2 Å². The molecule has 2 atom stereocenters. The first kappa shape index (κ1) is 25.9. The van der Waals surface area contributed by atoms with Crippen LogP contribution in [0.5, 0.6) is 0 Å². The summed E-state index contributed by atoms with van der Waals surface area (Å²) in [5.41, 5.74) is 0.470. The molecule has 1 saturated heterocycles. The Kier molecular flexibility index (Phi) is 6.95. The molecular formula is C23H23F5N6OS.